The molecule has 2 unspecified atom stereocenters. The van der Waals surface area contributed by atoms with Crippen molar-refractivity contribution in [1.82, 2.24) is 5.32 Å². The number of rotatable bonds is 3. The minimum atomic E-state index is -3.00. The monoisotopic (exact) mass is 229 g/mol. The third kappa shape index (κ3) is 3.24. The van der Waals surface area contributed by atoms with Crippen LogP contribution in [0.5, 0.6) is 0 Å². The molecule has 84 valence electrons. The topological polar surface area (TPSA) is 63.2 Å². The second-order valence-corrected chi connectivity index (χ2v) is 5.96. The molecule has 1 N–H and O–H groups in total. The number of terminal acetylenes is 1. The van der Waals surface area contributed by atoms with Gasteiger partial charge in [-0.05, 0) is 12.8 Å². The summed E-state index contributed by atoms with van der Waals surface area (Å²) in [5, 5.41) is 2.66. The Morgan fingerprint density at radius 1 is 1.67 bits per heavy atom. The van der Waals surface area contributed by atoms with Crippen molar-refractivity contribution in [1.29, 1.82) is 0 Å². The molecule has 0 aromatic rings. The van der Waals surface area contributed by atoms with Gasteiger partial charge in [-0.2, -0.15) is 0 Å². The molecule has 0 saturated carbocycles. The fraction of sp³-hybridized carbons (Fsp3) is 0.700. The molecule has 0 aliphatic carbocycles. The highest BCUT2D eigenvalue weighted by Crippen LogP contribution is 2.18. The van der Waals surface area contributed by atoms with E-state index in [4.69, 9.17) is 6.42 Å². The summed E-state index contributed by atoms with van der Waals surface area (Å²) in [5.41, 5.74) is 0. The predicted molar refractivity (Wildman–Crippen MR) is 57.8 cm³/mol. The van der Waals surface area contributed by atoms with Gasteiger partial charge >= 0.3 is 0 Å². The van der Waals surface area contributed by atoms with Crippen LogP contribution in [0.15, 0.2) is 0 Å². The van der Waals surface area contributed by atoms with Crippen LogP contribution in [-0.2, 0) is 14.6 Å². The van der Waals surface area contributed by atoms with Crippen LogP contribution in [0.4, 0.5) is 0 Å². The first-order chi connectivity index (χ1) is 6.98. The summed E-state index contributed by atoms with van der Waals surface area (Å²) >= 11 is 0. The van der Waals surface area contributed by atoms with Crippen LogP contribution < -0.4 is 5.32 Å². The maximum Gasteiger partial charge on any atom is 0.225 e. The lowest BCUT2D eigenvalue weighted by atomic mass is 10.1. The standard InChI is InChI=1S/C10H15NO3S/c1-3-9(4-2)11-10(12)8-5-6-15(13,14)7-8/h1,8-9H,4-7H2,2H3,(H,11,12). The van der Waals surface area contributed by atoms with Crippen molar-refractivity contribution in [2.75, 3.05) is 11.5 Å². The van der Waals surface area contributed by atoms with Crippen LogP contribution >= 0.6 is 0 Å². The van der Waals surface area contributed by atoms with E-state index in [2.05, 4.69) is 11.2 Å². The number of sulfone groups is 1. The van der Waals surface area contributed by atoms with E-state index in [9.17, 15) is 13.2 Å². The van der Waals surface area contributed by atoms with E-state index < -0.39 is 15.8 Å². The number of amides is 1. The maximum absolute atomic E-state index is 11.6. The van der Waals surface area contributed by atoms with Gasteiger partial charge in [-0.3, -0.25) is 4.79 Å². The molecule has 0 spiro atoms. The highest BCUT2D eigenvalue weighted by Gasteiger charge is 2.33. The molecular weight excluding hydrogens is 214 g/mol. The molecule has 1 amide bonds. The van der Waals surface area contributed by atoms with E-state index >= 15 is 0 Å². The van der Waals surface area contributed by atoms with Crippen LogP contribution in [0, 0.1) is 18.3 Å². The van der Waals surface area contributed by atoms with Crippen LogP contribution in [0.25, 0.3) is 0 Å². The van der Waals surface area contributed by atoms with E-state index in [0.717, 1.165) is 0 Å². The highest BCUT2D eigenvalue weighted by molar-refractivity contribution is 7.91. The highest BCUT2D eigenvalue weighted by atomic mass is 32.2. The molecule has 0 bridgehead atoms. The number of hydrogen-bond donors (Lipinski definition) is 1. The van der Waals surface area contributed by atoms with Crippen molar-refractivity contribution in [2.45, 2.75) is 25.8 Å². The maximum atomic E-state index is 11.6. The van der Waals surface area contributed by atoms with Gasteiger partial charge in [0.05, 0.1) is 23.5 Å². The molecule has 1 heterocycles. The summed E-state index contributed by atoms with van der Waals surface area (Å²) in [5.74, 6) is 1.86. The first-order valence-electron chi connectivity index (χ1n) is 4.95. The Hall–Kier alpha value is -1.02. The Labute approximate surface area is 90.4 Å². The average molecular weight is 229 g/mol. The molecular formula is C10H15NO3S. The Morgan fingerprint density at radius 3 is 2.73 bits per heavy atom. The lowest BCUT2D eigenvalue weighted by Gasteiger charge is -2.13. The van der Waals surface area contributed by atoms with Crippen molar-refractivity contribution in [3.05, 3.63) is 0 Å². The molecule has 15 heavy (non-hydrogen) atoms. The Balaban J connectivity index is 2.53. The fourth-order valence-electron chi connectivity index (χ4n) is 1.55. The van der Waals surface area contributed by atoms with Gasteiger partial charge in [0, 0.05) is 0 Å². The van der Waals surface area contributed by atoms with E-state index in [1.54, 1.807) is 0 Å². The second-order valence-electron chi connectivity index (χ2n) is 3.74. The number of nitrogens with one attached hydrogen (secondary N) is 1. The fourth-order valence-corrected chi connectivity index (χ4v) is 3.29. The van der Waals surface area contributed by atoms with Gasteiger partial charge in [-0.15, -0.1) is 6.42 Å². The van der Waals surface area contributed by atoms with Gasteiger partial charge in [-0.1, -0.05) is 12.8 Å². The summed E-state index contributed by atoms with van der Waals surface area (Å²) in [6.07, 6.45) is 6.27. The zero-order valence-corrected chi connectivity index (χ0v) is 9.51. The Kier molecular flexibility index (Phi) is 3.75. The Bertz CT molecular complexity index is 380. The van der Waals surface area contributed by atoms with Crippen molar-refractivity contribution >= 4 is 15.7 Å². The predicted octanol–water partition coefficient (Wildman–Crippen LogP) is -0.0509. The third-order valence-electron chi connectivity index (χ3n) is 2.53. The van der Waals surface area contributed by atoms with Crippen molar-refractivity contribution < 1.29 is 13.2 Å². The molecule has 2 atom stereocenters. The third-order valence-corrected chi connectivity index (χ3v) is 4.30. The molecule has 1 aliphatic heterocycles. The minimum absolute atomic E-state index is 0.0418. The summed E-state index contributed by atoms with van der Waals surface area (Å²) in [6.45, 7) is 1.87. The van der Waals surface area contributed by atoms with Crippen LogP contribution in [-0.4, -0.2) is 31.9 Å². The van der Waals surface area contributed by atoms with Crippen molar-refractivity contribution in [3.63, 3.8) is 0 Å². The molecule has 0 radical (unpaired) electrons. The van der Waals surface area contributed by atoms with E-state index in [1.165, 1.54) is 0 Å². The molecule has 1 rings (SSSR count). The lowest BCUT2D eigenvalue weighted by molar-refractivity contribution is -0.124. The van der Waals surface area contributed by atoms with Gasteiger partial charge < -0.3 is 5.32 Å². The van der Waals surface area contributed by atoms with Gasteiger partial charge in [0.1, 0.15) is 0 Å². The summed E-state index contributed by atoms with van der Waals surface area (Å²) in [4.78, 5) is 11.6. The van der Waals surface area contributed by atoms with Crippen LogP contribution in [0.3, 0.4) is 0 Å². The van der Waals surface area contributed by atoms with Crippen LogP contribution in [0.1, 0.15) is 19.8 Å². The van der Waals surface area contributed by atoms with Gasteiger partial charge in [-0.25, -0.2) is 8.42 Å². The average Bonchev–Trinajstić information content (AvgIpc) is 2.55. The van der Waals surface area contributed by atoms with E-state index in [1.807, 2.05) is 6.92 Å². The number of carbonyl (C=O) groups is 1. The molecule has 5 heteroatoms. The largest absolute Gasteiger partial charge is 0.342 e. The Morgan fingerprint density at radius 2 is 2.33 bits per heavy atom. The van der Waals surface area contributed by atoms with Gasteiger partial charge in [0.15, 0.2) is 9.84 Å². The molecule has 4 nitrogen and oxygen atoms in total. The lowest BCUT2D eigenvalue weighted by Crippen LogP contribution is -2.38. The van der Waals surface area contributed by atoms with E-state index in [0.29, 0.717) is 12.8 Å². The zero-order chi connectivity index (χ0) is 11.5. The summed E-state index contributed by atoms with van der Waals surface area (Å²) in [7, 11) is -3.00. The summed E-state index contributed by atoms with van der Waals surface area (Å²) in [6, 6.07) is -0.291. The number of hydrogen-bond acceptors (Lipinski definition) is 3. The second kappa shape index (κ2) is 4.67. The molecule has 1 fully saturated rings. The number of carbonyl (C=O) groups excluding carboxylic acids is 1. The molecule has 1 aliphatic rings. The first-order valence-corrected chi connectivity index (χ1v) is 6.77. The quantitative estimate of drug-likeness (QED) is 0.690. The first kappa shape index (κ1) is 12.1. The normalized spacial score (nSPS) is 25.5. The van der Waals surface area contributed by atoms with Gasteiger partial charge in [0.2, 0.25) is 5.91 Å². The SMILES string of the molecule is C#CC(CC)NC(=O)C1CCS(=O)(=O)C1. The van der Waals surface area contributed by atoms with Gasteiger partial charge in [0.25, 0.3) is 0 Å². The van der Waals surface area contributed by atoms with Crippen molar-refractivity contribution in [3.8, 4) is 12.3 Å². The van der Waals surface area contributed by atoms with E-state index in [-0.39, 0.29) is 23.5 Å². The minimum Gasteiger partial charge on any atom is -0.342 e. The molecule has 0 aromatic heterocycles. The van der Waals surface area contributed by atoms with Crippen molar-refractivity contribution in [2.24, 2.45) is 5.92 Å². The van der Waals surface area contributed by atoms with Crippen LogP contribution in [0.2, 0.25) is 0 Å². The molecule has 1 saturated heterocycles. The smallest absolute Gasteiger partial charge is 0.225 e. The summed E-state index contributed by atoms with van der Waals surface area (Å²) < 4.78 is 22.3. The molecule has 0 aromatic carbocycles. The zero-order valence-electron chi connectivity index (χ0n) is 8.69.